The van der Waals surface area contributed by atoms with Crippen molar-refractivity contribution in [2.75, 3.05) is 7.05 Å². The predicted octanol–water partition coefficient (Wildman–Crippen LogP) is 2.81. The molecule has 10 heteroatoms. The number of carboxylic acids is 1. The van der Waals surface area contributed by atoms with E-state index in [1.807, 2.05) is 11.4 Å². The number of aliphatic carboxylic acids is 1. The third-order valence-electron chi connectivity index (χ3n) is 4.42. The van der Waals surface area contributed by atoms with E-state index < -0.39 is 35.8 Å². The number of amides is 3. The molecule has 0 saturated carbocycles. The number of thiophene rings is 1. The van der Waals surface area contributed by atoms with Gasteiger partial charge in [0.1, 0.15) is 0 Å². The average Bonchev–Trinajstić information content (AvgIpc) is 3.18. The van der Waals surface area contributed by atoms with Crippen LogP contribution in [0.15, 0.2) is 48.0 Å². The first-order chi connectivity index (χ1) is 14.2. The molecule has 1 aromatic carbocycles. The van der Waals surface area contributed by atoms with Crippen LogP contribution in [0.4, 0.5) is 4.79 Å². The van der Waals surface area contributed by atoms with Crippen LogP contribution >= 0.6 is 22.9 Å². The topological polar surface area (TPSA) is 116 Å². The van der Waals surface area contributed by atoms with E-state index in [4.69, 9.17) is 11.6 Å². The van der Waals surface area contributed by atoms with Gasteiger partial charge < -0.3 is 20.6 Å². The smallest absolute Gasteiger partial charge is 0.316 e. The fourth-order valence-electron chi connectivity index (χ4n) is 2.90. The molecule has 0 fully saturated rings. The molecular formula is C20H18ClN3O5S. The summed E-state index contributed by atoms with van der Waals surface area (Å²) in [6, 6.07) is 5.97. The van der Waals surface area contributed by atoms with Gasteiger partial charge in [-0.25, -0.2) is 4.79 Å². The number of ketones is 1. The van der Waals surface area contributed by atoms with Gasteiger partial charge in [-0.05, 0) is 34.7 Å². The van der Waals surface area contributed by atoms with Crippen molar-refractivity contribution in [3.63, 3.8) is 0 Å². The van der Waals surface area contributed by atoms with Crippen LogP contribution in [0.5, 0.6) is 0 Å². The lowest BCUT2D eigenvalue weighted by Crippen LogP contribution is -2.55. The van der Waals surface area contributed by atoms with Crippen molar-refractivity contribution in [2.45, 2.75) is 18.5 Å². The molecule has 156 valence electrons. The maximum Gasteiger partial charge on any atom is 0.316 e. The first-order valence-corrected chi connectivity index (χ1v) is 10.1. The number of hydrogen-bond acceptors (Lipinski definition) is 5. The Kier molecular flexibility index (Phi) is 6.53. The van der Waals surface area contributed by atoms with E-state index in [0.717, 1.165) is 11.1 Å². The van der Waals surface area contributed by atoms with E-state index >= 15 is 0 Å². The third kappa shape index (κ3) is 5.05. The molecule has 1 aliphatic rings. The molecular weight excluding hydrogens is 430 g/mol. The second-order valence-electron chi connectivity index (χ2n) is 6.62. The SMILES string of the molecule is CN1C=CC(=O)C(NC(=O)NC(CC(=O)O)c2cc(-c3cccc(Cl)c3)cs2)C1=O. The highest BCUT2D eigenvalue weighted by atomic mass is 35.5. The van der Waals surface area contributed by atoms with Gasteiger partial charge in [0, 0.05) is 29.2 Å². The summed E-state index contributed by atoms with van der Waals surface area (Å²) in [7, 11) is 1.47. The van der Waals surface area contributed by atoms with Gasteiger partial charge in [0.15, 0.2) is 11.8 Å². The highest BCUT2D eigenvalue weighted by Gasteiger charge is 2.32. The summed E-state index contributed by atoms with van der Waals surface area (Å²) >= 11 is 7.31. The number of nitrogens with one attached hydrogen (secondary N) is 2. The Bertz CT molecular complexity index is 1030. The van der Waals surface area contributed by atoms with E-state index in [1.54, 1.807) is 24.3 Å². The van der Waals surface area contributed by atoms with Gasteiger partial charge in [0.2, 0.25) is 0 Å². The van der Waals surface area contributed by atoms with Gasteiger partial charge in [-0.2, -0.15) is 0 Å². The van der Waals surface area contributed by atoms with Crippen molar-refractivity contribution >= 4 is 46.6 Å². The average molecular weight is 448 g/mol. The number of urea groups is 1. The predicted molar refractivity (Wildman–Crippen MR) is 112 cm³/mol. The molecule has 2 heterocycles. The maximum atomic E-state index is 12.4. The largest absolute Gasteiger partial charge is 0.481 e. The van der Waals surface area contributed by atoms with E-state index in [2.05, 4.69) is 10.6 Å². The molecule has 0 bridgehead atoms. The van der Waals surface area contributed by atoms with Gasteiger partial charge in [0.05, 0.1) is 12.5 Å². The van der Waals surface area contributed by atoms with Crippen molar-refractivity contribution in [3.05, 3.63) is 57.9 Å². The van der Waals surface area contributed by atoms with Crippen molar-refractivity contribution in [2.24, 2.45) is 0 Å². The molecule has 0 aliphatic carbocycles. The van der Waals surface area contributed by atoms with Crippen molar-refractivity contribution in [1.29, 1.82) is 0 Å². The van der Waals surface area contributed by atoms with Crippen LogP contribution < -0.4 is 10.6 Å². The van der Waals surface area contributed by atoms with Crippen molar-refractivity contribution < 1.29 is 24.3 Å². The van der Waals surface area contributed by atoms with Gasteiger partial charge in [-0.1, -0.05) is 23.7 Å². The normalized spacial score (nSPS) is 17.0. The maximum absolute atomic E-state index is 12.4. The molecule has 2 atom stereocenters. The second kappa shape index (κ2) is 9.10. The molecule has 0 radical (unpaired) electrons. The van der Waals surface area contributed by atoms with Crippen LogP contribution in [0.1, 0.15) is 17.3 Å². The number of halogens is 1. The van der Waals surface area contributed by atoms with E-state index in [0.29, 0.717) is 9.90 Å². The molecule has 0 spiro atoms. The summed E-state index contributed by atoms with van der Waals surface area (Å²) in [5, 5.41) is 16.5. The van der Waals surface area contributed by atoms with Crippen LogP contribution in [0.25, 0.3) is 11.1 Å². The molecule has 1 aromatic heterocycles. The molecule has 2 unspecified atom stereocenters. The molecule has 3 N–H and O–H groups in total. The lowest BCUT2D eigenvalue weighted by Gasteiger charge is -2.25. The zero-order valence-electron chi connectivity index (χ0n) is 15.8. The fraction of sp³-hybridized carbons (Fsp3) is 0.200. The van der Waals surface area contributed by atoms with E-state index in [9.17, 15) is 24.3 Å². The standard InChI is InChI=1S/C20H18ClN3O5S/c1-24-6-5-15(25)18(19(24)28)23-20(29)22-14(9-17(26)27)16-8-12(10-30-16)11-3-2-4-13(21)7-11/h2-8,10,14,18H,9H2,1H3,(H,26,27)(H2,22,23,29). The Morgan fingerprint density at radius 2 is 2.03 bits per heavy atom. The van der Waals surface area contributed by atoms with Crippen LogP contribution in [-0.4, -0.2) is 46.8 Å². The minimum atomic E-state index is -1.35. The molecule has 0 saturated heterocycles. The molecule has 30 heavy (non-hydrogen) atoms. The number of nitrogens with zero attached hydrogens (tertiary/aromatic N) is 1. The highest BCUT2D eigenvalue weighted by molar-refractivity contribution is 7.10. The summed E-state index contributed by atoms with van der Waals surface area (Å²) < 4.78 is 0. The lowest BCUT2D eigenvalue weighted by atomic mass is 10.1. The van der Waals surface area contributed by atoms with Gasteiger partial charge >= 0.3 is 12.0 Å². The van der Waals surface area contributed by atoms with E-state index in [1.165, 1.54) is 35.6 Å². The first-order valence-electron chi connectivity index (χ1n) is 8.86. The summed E-state index contributed by atoms with van der Waals surface area (Å²) in [4.78, 5) is 49.6. The molecule has 3 amide bonds. The quantitative estimate of drug-likeness (QED) is 0.589. The molecule has 8 nitrogen and oxygen atoms in total. The van der Waals surface area contributed by atoms with Crippen LogP contribution in [0, 0.1) is 0 Å². The Morgan fingerprint density at radius 1 is 1.27 bits per heavy atom. The number of likely N-dealkylation sites (N-methyl/N-ethyl adjacent to an activating group) is 1. The van der Waals surface area contributed by atoms with Gasteiger partial charge in [-0.15, -0.1) is 11.3 Å². The first kappa shape index (κ1) is 21.5. The van der Waals surface area contributed by atoms with Crippen LogP contribution in [0.3, 0.4) is 0 Å². The zero-order chi connectivity index (χ0) is 21.8. The van der Waals surface area contributed by atoms with Gasteiger partial charge in [0.25, 0.3) is 5.91 Å². The fourth-order valence-corrected chi connectivity index (χ4v) is 4.06. The number of rotatable bonds is 6. The van der Waals surface area contributed by atoms with Crippen LogP contribution in [0.2, 0.25) is 5.02 Å². The number of carboxylic acid groups (broad SMARTS) is 1. The number of benzene rings is 1. The second-order valence-corrected chi connectivity index (χ2v) is 8.00. The van der Waals surface area contributed by atoms with Crippen molar-refractivity contribution in [3.8, 4) is 11.1 Å². The summed E-state index contributed by atoms with van der Waals surface area (Å²) in [6.07, 6.45) is 2.14. The molecule has 2 aromatic rings. The molecule has 3 rings (SSSR count). The Labute approximate surface area is 181 Å². The summed E-state index contributed by atoms with van der Waals surface area (Å²) in [5.74, 6) is -2.24. The Hall–Kier alpha value is -3.17. The van der Waals surface area contributed by atoms with Crippen molar-refractivity contribution in [1.82, 2.24) is 15.5 Å². The van der Waals surface area contributed by atoms with Crippen LogP contribution in [-0.2, 0) is 14.4 Å². The molecule has 1 aliphatic heterocycles. The third-order valence-corrected chi connectivity index (χ3v) is 5.70. The lowest BCUT2D eigenvalue weighted by molar-refractivity contribution is -0.138. The van der Waals surface area contributed by atoms with E-state index in [-0.39, 0.29) is 6.42 Å². The van der Waals surface area contributed by atoms with Gasteiger partial charge in [-0.3, -0.25) is 14.4 Å². The highest BCUT2D eigenvalue weighted by Crippen LogP contribution is 2.31. The minimum absolute atomic E-state index is 0.366. The Morgan fingerprint density at radius 3 is 2.73 bits per heavy atom. The number of carbonyl (C=O) groups excluding carboxylic acids is 3. The number of hydrogen-bond donors (Lipinski definition) is 3. The zero-order valence-corrected chi connectivity index (χ0v) is 17.4. The number of carbonyl (C=O) groups is 4. The monoisotopic (exact) mass is 447 g/mol. The Balaban J connectivity index is 1.76. The summed E-state index contributed by atoms with van der Waals surface area (Å²) in [6.45, 7) is 0. The summed E-state index contributed by atoms with van der Waals surface area (Å²) in [5.41, 5.74) is 1.69. The minimum Gasteiger partial charge on any atom is -0.481 e.